The van der Waals surface area contributed by atoms with Crippen molar-refractivity contribution in [2.75, 3.05) is 0 Å². The van der Waals surface area contributed by atoms with Crippen LogP contribution in [-0.4, -0.2) is 15.8 Å². The highest BCUT2D eigenvalue weighted by Crippen LogP contribution is 2.31. The number of pyridine rings is 1. The molecule has 1 amide bonds. The number of primary amides is 1. The van der Waals surface area contributed by atoms with Gasteiger partial charge in [0.25, 0.3) is 5.91 Å². The predicted molar refractivity (Wildman–Crippen MR) is 62.1 cm³/mol. The summed E-state index contributed by atoms with van der Waals surface area (Å²) < 4.78 is 15.5. The van der Waals surface area contributed by atoms with Crippen molar-refractivity contribution >= 4 is 24.9 Å². The van der Waals surface area contributed by atoms with Crippen LogP contribution in [0.2, 0.25) is 0 Å². The second-order valence-electron chi connectivity index (χ2n) is 3.24. The highest BCUT2D eigenvalue weighted by molar-refractivity contribution is 7.32. The Kier molecular flexibility index (Phi) is 3.08. The molecule has 0 aliphatic carbocycles. The molecule has 0 aliphatic heterocycles. The van der Waals surface area contributed by atoms with Gasteiger partial charge in [-0.05, 0) is 12.1 Å². The molecule has 0 bridgehead atoms. The van der Waals surface area contributed by atoms with Crippen molar-refractivity contribution in [2.24, 2.45) is 5.73 Å². The number of nitrogens with zero attached hydrogens (tertiary/aromatic N) is 1. The summed E-state index contributed by atoms with van der Waals surface area (Å²) in [6, 6.07) is 6.36. The lowest BCUT2D eigenvalue weighted by Crippen LogP contribution is -2.13. The molecular formula is C10H9N2O4P. The number of aromatic nitrogens is 1. The van der Waals surface area contributed by atoms with Crippen LogP contribution < -0.4 is 10.3 Å². The summed E-state index contributed by atoms with van der Waals surface area (Å²) in [7, 11) is -3.10. The van der Waals surface area contributed by atoms with Crippen LogP contribution in [0.25, 0.3) is 10.8 Å². The van der Waals surface area contributed by atoms with Crippen molar-refractivity contribution in [2.45, 2.75) is 0 Å². The maximum atomic E-state index is 11.2. The first-order valence-corrected chi connectivity index (χ1v) is 5.94. The molecule has 0 saturated carbocycles. The van der Waals surface area contributed by atoms with E-state index in [4.69, 9.17) is 15.2 Å². The lowest BCUT2D eigenvalue weighted by Gasteiger charge is -2.07. The standard InChI is InChI=1S/C10H9N2O4P/c11-10(13)9-7-2-1-3-8(16-17(14)15)6(7)4-5-12-9/h1-5,17H,(H2,11,13)(H,14,15). The lowest BCUT2D eigenvalue weighted by molar-refractivity contribution is 0.0997. The number of benzene rings is 1. The van der Waals surface area contributed by atoms with E-state index in [2.05, 4.69) is 4.98 Å². The zero-order valence-electron chi connectivity index (χ0n) is 8.58. The Morgan fingerprint density at radius 2 is 2.12 bits per heavy atom. The van der Waals surface area contributed by atoms with E-state index >= 15 is 0 Å². The number of amides is 1. The molecule has 0 spiro atoms. The molecule has 6 nitrogen and oxygen atoms in total. The van der Waals surface area contributed by atoms with Crippen LogP contribution in [-0.2, 0) is 4.57 Å². The minimum absolute atomic E-state index is 0.102. The maximum absolute atomic E-state index is 11.2. The minimum atomic E-state index is -3.10. The van der Waals surface area contributed by atoms with Crippen LogP contribution in [0, 0.1) is 0 Å². The highest BCUT2D eigenvalue weighted by Gasteiger charge is 2.11. The van der Waals surface area contributed by atoms with E-state index in [-0.39, 0.29) is 11.4 Å². The smallest absolute Gasteiger partial charge is 0.365 e. The summed E-state index contributed by atoms with van der Waals surface area (Å²) in [4.78, 5) is 23.8. The van der Waals surface area contributed by atoms with Crippen molar-refractivity contribution < 1.29 is 18.8 Å². The summed E-state index contributed by atoms with van der Waals surface area (Å²) in [5, 5.41) is 1.00. The molecule has 1 aromatic heterocycles. The molecule has 1 atom stereocenters. The van der Waals surface area contributed by atoms with Gasteiger partial charge in [0, 0.05) is 17.0 Å². The zero-order valence-corrected chi connectivity index (χ0v) is 9.58. The molecule has 1 aromatic carbocycles. The molecule has 88 valence electrons. The third-order valence-corrected chi connectivity index (χ3v) is 2.59. The normalized spacial score (nSPS) is 12.3. The molecule has 7 heteroatoms. The molecule has 0 radical (unpaired) electrons. The molecule has 0 fully saturated rings. The van der Waals surface area contributed by atoms with E-state index in [1.165, 1.54) is 12.3 Å². The molecule has 2 rings (SSSR count). The topological polar surface area (TPSA) is 103 Å². The van der Waals surface area contributed by atoms with Crippen LogP contribution in [0.5, 0.6) is 5.75 Å². The first kappa shape index (κ1) is 11.6. The zero-order chi connectivity index (χ0) is 12.4. The molecule has 2 aromatic rings. The quantitative estimate of drug-likeness (QED) is 0.796. The number of carbonyl (C=O) groups is 1. The van der Waals surface area contributed by atoms with Crippen molar-refractivity contribution in [3.63, 3.8) is 0 Å². The second-order valence-corrected chi connectivity index (χ2v) is 3.98. The predicted octanol–water partition coefficient (Wildman–Crippen LogP) is 1.09. The first-order chi connectivity index (χ1) is 8.09. The number of rotatable bonds is 3. The second kappa shape index (κ2) is 4.53. The summed E-state index contributed by atoms with van der Waals surface area (Å²) in [5.74, 6) is -0.441. The van der Waals surface area contributed by atoms with E-state index in [9.17, 15) is 9.36 Å². The lowest BCUT2D eigenvalue weighted by atomic mass is 10.1. The SMILES string of the molecule is NC(=O)c1nccc2c(O[PH](=O)O)cccc12. The van der Waals surface area contributed by atoms with Gasteiger partial charge >= 0.3 is 8.25 Å². The fourth-order valence-electron chi connectivity index (χ4n) is 1.56. The maximum Gasteiger partial charge on any atom is 0.365 e. The summed E-state index contributed by atoms with van der Waals surface area (Å²) in [5.41, 5.74) is 5.29. The van der Waals surface area contributed by atoms with E-state index in [1.807, 2.05) is 0 Å². The van der Waals surface area contributed by atoms with Crippen molar-refractivity contribution in [3.8, 4) is 5.75 Å². The number of fused-ring (bicyclic) bond motifs is 1. The Hall–Kier alpha value is -1.91. The monoisotopic (exact) mass is 252 g/mol. The van der Waals surface area contributed by atoms with Crippen LogP contribution in [0.15, 0.2) is 30.5 Å². The Balaban J connectivity index is 2.69. The summed E-state index contributed by atoms with van der Waals surface area (Å²) in [6.07, 6.45) is 1.39. The third-order valence-electron chi connectivity index (χ3n) is 2.20. The van der Waals surface area contributed by atoms with Crippen LogP contribution in [0.1, 0.15) is 10.5 Å². The van der Waals surface area contributed by atoms with E-state index in [0.29, 0.717) is 10.8 Å². The van der Waals surface area contributed by atoms with Crippen LogP contribution in [0.3, 0.4) is 0 Å². The van der Waals surface area contributed by atoms with Crippen LogP contribution >= 0.6 is 8.25 Å². The first-order valence-electron chi connectivity index (χ1n) is 4.68. The van der Waals surface area contributed by atoms with Gasteiger partial charge in [-0.15, -0.1) is 0 Å². The molecule has 0 aliphatic rings. The Morgan fingerprint density at radius 1 is 1.35 bits per heavy atom. The van der Waals surface area contributed by atoms with Gasteiger partial charge in [0.05, 0.1) is 0 Å². The number of hydrogen-bond acceptors (Lipinski definition) is 4. The molecule has 0 saturated heterocycles. The van der Waals surface area contributed by atoms with Crippen LogP contribution in [0.4, 0.5) is 0 Å². The van der Waals surface area contributed by atoms with Crippen molar-refractivity contribution in [1.82, 2.24) is 4.98 Å². The van der Waals surface area contributed by atoms with E-state index in [1.54, 1.807) is 18.2 Å². The summed E-state index contributed by atoms with van der Waals surface area (Å²) in [6.45, 7) is 0. The summed E-state index contributed by atoms with van der Waals surface area (Å²) >= 11 is 0. The number of carbonyl (C=O) groups excluding carboxylic acids is 1. The fourth-order valence-corrected chi connectivity index (χ4v) is 1.92. The molecular weight excluding hydrogens is 243 g/mol. The van der Waals surface area contributed by atoms with Gasteiger partial charge in [0.15, 0.2) is 0 Å². The fraction of sp³-hybridized carbons (Fsp3) is 0. The van der Waals surface area contributed by atoms with E-state index in [0.717, 1.165) is 0 Å². The van der Waals surface area contributed by atoms with Gasteiger partial charge in [-0.25, -0.2) is 4.57 Å². The van der Waals surface area contributed by atoms with Gasteiger partial charge in [-0.3, -0.25) is 9.78 Å². The average Bonchev–Trinajstić information content (AvgIpc) is 2.28. The molecule has 17 heavy (non-hydrogen) atoms. The van der Waals surface area contributed by atoms with Gasteiger partial charge < -0.3 is 15.2 Å². The van der Waals surface area contributed by atoms with Gasteiger partial charge in [0.1, 0.15) is 11.4 Å². The molecule has 3 N–H and O–H groups in total. The Morgan fingerprint density at radius 3 is 2.76 bits per heavy atom. The highest BCUT2D eigenvalue weighted by atomic mass is 31.1. The van der Waals surface area contributed by atoms with E-state index < -0.39 is 14.2 Å². The minimum Gasteiger partial charge on any atom is -0.426 e. The Labute approximate surface area is 97.0 Å². The van der Waals surface area contributed by atoms with Gasteiger partial charge in [-0.2, -0.15) is 0 Å². The van der Waals surface area contributed by atoms with Crippen molar-refractivity contribution in [1.29, 1.82) is 0 Å². The molecule has 1 unspecified atom stereocenters. The van der Waals surface area contributed by atoms with Gasteiger partial charge in [0.2, 0.25) is 0 Å². The largest absolute Gasteiger partial charge is 0.426 e. The molecule has 1 heterocycles. The average molecular weight is 252 g/mol. The van der Waals surface area contributed by atoms with Crippen molar-refractivity contribution in [3.05, 3.63) is 36.2 Å². The third kappa shape index (κ3) is 2.27. The Bertz CT molecular complexity index is 614. The van der Waals surface area contributed by atoms with Gasteiger partial charge in [-0.1, -0.05) is 12.1 Å². The number of nitrogens with two attached hydrogens (primary N) is 1. The number of hydrogen-bond donors (Lipinski definition) is 2.